The predicted molar refractivity (Wildman–Crippen MR) is 135 cm³/mol. The zero-order valence-electron chi connectivity index (χ0n) is 19.5. The number of piperazine rings is 1. The Balaban J connectivity index is 1.20. The minimum atomic E-state index is 0.135. The van der Waals surface area contributed by atoms with Gasteiger partial charge in [-0.1, -0.05) is 49.6 Å². The number of imidazole rings is 1. The van der Waals surface area contributed by atoms with Crippen molar-refractivity contribution in [1.82, 2.24) is 19.0 Å². The van der Waals surface area contributed by atoms with Gasteiger partial charge in [-0.25, -0.2) is 9.78 Å². The summed E-state index contributed by atoms with van der Waals surface area (Å²) in [4.78, 5) is 22.6. The Labute approximate surface area is 196 Å². The molecule has 1 saturated heterocycles. The molecule has 2 aliphatic rings. The number of fused-ring (bicyclic) bond motifs is 1. The van der Waals surface area contributed by atoms with Crippen molar-refractivity contribution < 1.29 is 0 Å². The summed E-state index contributed by atoms with van der Waals surface area (Å²) in [6.45, 7) is 6.47. The molecule has 174 valence electrons. The highest BCUT2D eigenvalue weighted by molar-refractivity contribution is 5.76. The van der Waals surface area contributed by atoms with Crippen LogP contribution in [0.4, 0.5) is 5.82 Å². The molecule has 2 fully saturated rings. The van der Waals surface area contributed by atoms with Gasteiger partial charge < -0.3 is 4.90 Å². The number of hydrogen-bond acceptors (Lipinski definition) is 4. The van der Waals surface area contributed by atoms with Gasteiger partial charge in [-0.05, 0) is 43.0 Å². The molecule has 2 aromatic heterocycles. The van der Waals surface area contributed by atoms with Gasteiger partial charge in [0.1, 0.15) is 5.82 Å². The Morgan fingerprint density at radius 3 is 2.24 bits per heavy atom. The fraction of sp³-hybridized carbons (Fsp3) is 0.481. The van der Waals surface area contributed by atoms with Gasteiger partial charge in [0.25, 0.3) is 0 Å². The van der Waals surface area contributed by atoms with Crippen LogP contribution in [0.5, 0.6) is 0 Å². The highest BCUT2D eigenvalue weighted by atomic mass is 16.1. The third-order valence-electron chi connectivity index (χ3n) is 7.25. The van der Waals surface area contributed by atoms with Crippen molar-refractivity contribution >= 4 is 16.9 Å². The molecule has 1 aromatic carbocycles. The lowest BCUT2D eigenvalue weighted by Gasteiger charge is -2.34. The average molecular weight is 446 g/mol. The maximum Gasteiger partial charge on any atom is 0.329 e. The topological polar surface area (TPSA) is 46.3 Å². The Morgan fingerprint density at radius 1 is 0.818 bits per heavy atom. The minimum Gasteiger partial charge on any atom is -0.354 e. The highest BCUT2D eigenvalue weighted by Gasteiger charge is 2.19. The lowest BCUT2D eigenvalue weighted by atomic mass is 9.89. The zero-order chi connectivity index (χ0) is 22.5. The van der Waals surface area contributed by atoms with Crippen LogP contribution >= 0.6 is 0 Å². The Morgan fingerprint density at radius 2 is 1.52 bits per heavy atom. The number of nitrogens with zero attached hydrogens (tertiary/aromatic N) is 5. The first-order chi connectivity index (χ1) is 16.3. The van der Waals surface area contributed by atoms with Crippen molar-refractivity contribution in [2.45, 2.75) is 45.2 Å². The number of aromatic nitrogens is 3. The van der Waals surface area contributed by atoms with Crippen LogP contribution in [0.15, 0.2) is 65.6 Å². The van der Waals surface area contributed by atoms with Gasteiger partial charge in [-0.15, -0.1) is 0 Å². The van der Waals surface area contributed by atoms with Crippen molar-refractivity contribution in [1.29, 1.82) is 0 Å². The number of anilines is 1. The van der Waals surface area contributed by atoms with E-state index in [9.17, 15) is 4.79 Å². The van der Waals surface area contributed by atoms with Crippen LogP contribution < -0.4 is 10.6 Å². The number of pyridine rings is 1. The van der Waals surface area contributed by atoms with Crippen LogP contribution in [-0.2, 0) is 13.1 Å². The molecule has 0 spiro atoms. The molecule has 0 amide bonds. The van der Waals surface area contributed by atoms with E-state index in [0.717, 1.165) is 56.1 Å². The molecule has 33 heavy (non-hydrogen) atoms. The second-order valence-corrected chi connectivity index (χ2v) is 9.44. The molecule has 6 heteroatoms. The van der Waals surface area contributed by atoms with Crippen LogP contribution in [0.25, 0.3) is 11.0 Å². The first-order valence-electron chi connectivity index (χ1n) is 12.5. The smallest absolute Gasteiger partial charge is 0.329 e. The maximum atomic E-state index is 13.3. The van der Waals surface area contributed by atoms with E-state index >= 15 is 0 Å². The molecule has 0 N–H and O–H groups in total. The summed E-state index contributed by atoms with van der Waals surface area (Å²) in [5.41, 5.74) is 2.26. The molecule has 0 bridgehead atoms. The van der Waals surface area contributed by atoms with Crippen LogP contribution in [0.2, 0.25) is 0 Å². The number of benzene rings is 1. The molecular weight excluding hydrogens is 410 g/mol. The third kappa shape index (κ3) is 5.06. The predicted octanol–water partition coefficient (Wildman–Crippen LogP) is 4.16. The van der Waals surface area contributed by atoms with Gasteiger partial charge in [0.05, 0.1) is 11.0 Å². The summed E-state index contributed by atoms with van der Waals surface area (Å²) in [5.74, 6) is 1.70. The summed E-state index contributed by atoms with van der Waals surface area (Å²) in [5, 5.41) is 0. The first-order valence-corrected chi connectivity index (χ1v) is 12.5. The molecule has 1 aliphatic carbocycles. The van der Waals surface area contributed by atoms with Crippen LogP contribution in [0, 0.1) is 5.92 Å². The maximum absolute atomic E-state index is 13.3. The molecule has 3 aromatic rings. The summed E-state index contributed by atoms with van der Waals surface area (Å²) in [7, 11) is 0. The fourth-order valence-electron chi connectivity index (χ4n) is 5.36. The standard InChI is InChI=1S/C27H35N5O/c33-27-31(24-12-4-5-13-25(24)32(27)22-23-10-2-1-3-11-23)17-9-8-16-29-18-20-30(21-19-29)26-14-6-7-15-28-26/h4-9,12-15,23H,1-3,10-11,16-22H2. The van der Waals surface area contributed by atoms with Gasteiger partial charge in [0, 0.05) is 52.0 Å². The molecule has 6 nitrogen and oxygen atoms in total. The summed E-state index contributed by atoms with van der Waals surface area (Å²) >= 11 is 0. The van der Waals surface area contributed by atoms with Crippen LogP contribution in [0.3, 0.4) is 0 Å². The highest BCUT2D eigenvalue weighted by Crippen LogP contribution is 2.26. The lowest BCUT2D eigenvalue weighted by molar-refractivity contribution is 0.283. The van der Waals surface area contributed by atoms with Gasteiger partial charge in [-0.2, -0.15) is 0 Å². The SMILES string of the molecule is O=c1n(CC=CCN2CCN(c3ccccn3)CC2)c2ccccc2n1CC1CCCCC1. The van der Waals surface area contributed by atoms with Gasteiger partial charge in [0.2, 0.25) is 0 Å². The van der Waals surface area contributed by atoms with E-state index in [1.807, 2.05) is 39.6 Å². The molecule has 1 saturated carbocycles. The number of para-hydroxylation sites is 2. The van der Waals surface area contributed by atoms with E-state index in [4.69, 9.17) is 0 Å². The second kappa shape index (κ2) is 10.4. The summed E-state index contributed by atoms with van der Waals surface area (Å²) < 4.78 is 3.96. The third-order valence-corrected chi connectivity index (χ3v) is 7.25. The minimum absolute atomic E-state index is 0.135. The number of hydrogen-bond donors (Lipinski definition) is 0. The Hall–Kier alpha value is -2.86. The van der Waals surface area contributed by atoms with E-state index in [0.29, 0.717) is 12.5 Å². The zero-order valence-corrected chi connectivity index (χ0v) is 19.5. The van der Waals surface area contributed by atoms with E-state index < -0.39 is 0 Å². The quantitative estimate of drug-likeness (QED) is 0.513. The van der Waals surface area contributed by atoms with Crippen molar-refractivity contribution in [3.63, 3.8) is 0 Å². The molecule has 3 heterocycles. The monoisotopic (exact) mass is 445 g/mol. The molecular formula is C27H35N5O. The molecule has 0 radical (unpaired) electrons. The van der Waals surface area contributed by atoms with E-state index in [2.05, 4.69) is 45.1 Å². The molecule has 1 aliphatic heterocycles. The molecule has 5 rings (SSSR count). The Bertz CT molecular complexity index is 1120. The van der Waals surface area contributed by atoms with Crippen molar-refractivity contribution in [3.05, 3.63) is 71.3 Å². The van der Waals surface area contributed by atoms with E-state index in [1.165, 1.54) is 32.1 Å². The first kappa shape index (κ1) is 22.0. The van der Waals surface area contributed by atoms with Gasteiger partial charge >= 0.3 is 5.69 Å². The lowest BCUT2D eigenvalue weighted by Crippen LogP contribution is -2.46. The fourth-order valence-corrected chi connectivity index (χ4v) is 5.36. The Kier molecular flexibility index (Phi) is 6.91. The van der Waals surface area contributed by atoms with Crippen LogP contribution in [-0.4, -0.2) is 51.7 Å². The van der Waals surface area contributed by atoms with E-state index in [-0.39, 0.29) is 5.69 Å². The average Bonchev–Trinajstić information content (AvgIpc) is 3.14. The van der Waals surface area contributed by atoms with Gasteiger partial charge in [-0.3, -0.25) is 14.0 Å². The molecule has 0 unspecified atom stereocenters. The summed E-state index contributed by atoms with van der Waals surface area (Å²) in [6, 6.07) is 14.4. The van der Waals surface area contributed by atoms with Crippen molar-refractivity contribution in [2.75, 3.05) is 37.6 Å². The summed E-state index contributed by atoms with van der Waals surface area (Å²) in [6.07, 6.45) is 12.7. The normalized spacial score (nSPS) is 18.5. The number of allylic oxidation sites excluding steroid dienone is 1. The number of rotatable bonds is 7. The molecule has 0 atom stereocenters. The van der Waals surface area contributed by atoms with Crippen molar-refractivity contribution in [3.8, 4) is 0 Å². The largest absolute Gasteiger partial charge is 0.354 e. The van der Waals surface area contributed by atoms with E-state index in [1.54, 1.807) is 0 Å². The van der Waals surface area contributed by atoms with Crippen molar-refractivity contribution in [2.24, 2.45) is 5.92 Å². The van der Waals surface area contributed by atoms with Gasteiger partial charge in [0.15, 0.2) is 0 Å². The van der Waals surface area contributed by atoms with Crippen LogP contribution in [0.1, 0.15) is 32.1 Å². The second-order valence-electron chi connectivity index (χ2n) is 9.44.